The molecule has 3 heteroatoms. The molecule has 1 heterocycles. The summed E-state index contributed by atoms with van der Waals surface area (Å²) in [6.07, 6.45) is 1.24. The number of nitrogens with two attached hydrogens (primary N) is 1. The third-order valence-corrected chi connectivity index (χ3v) is 3.04. The van der Waals surface area contributed by atoms with Gasteiger partial charge in [-0.2, -0.15) is 0 Å². The highest BCUT2D eigenvalue weighted by molar-refractivity contribution is 4.82. The largest absolute Gasteiger partial charge is 0.375 e. The first-order chi connectivity index (χ1) is 6.92. The molecule has 1 fully saturated rings. The Balaban J connectivity index is 2.22. The Morgan fingerprint density at radius 1 is 1.40 bits per heavy atom. The normalized spacial score (nSPS) is 28.6. The summed E-state index contributed by atoms with van der Waals surface area (Å²) in [6, 6.07) is 0.669. The lowest BCUT2D eigenvalue weighted by molar-refractivity contribution is -0.0139. The Hall–Kier alpha value is -0.120. The van der Waals surface area contributed by atoms with Crippen LogP contribution in [0.5, 0.6) is 0 Å². The van der Waals surface area contributed by atoms with E-state index in [0.717, 1.165) is 26.2 Å². The van der Waals surface area contributed by atoms with Crippen molar-refractivity contribution in [2.24, 2.45) is 11.7 Å². The zero-order valence-corrected chi connectivity index (χ0v) is 10.6. The first-order valence-electron chi connectivity index (χ1n) is 6.00. The molecule has 1 aliphatic rings. The average Bonchev–Trinajstić information content (AvgIpc) is 2.45. The molecule has 0 amide bonds. The molecule has 15 heavy (non-hydrogen) atoms. The summed E-state index contributed by atoms with van der Waals surface area (Å²) in [4.78, 5) is 2.49. The van der Waals surface area contributed by atoms with E-state index in [0.29, 0.717) is 12.0 Å². The van der Waals surface area contributed by atoms with Crippen molar-refractivity contribution in [3.05, 3.63) is 0 Å². The molecule has 3 nitrogen and oxygen atoms in total. The predicted molar refractivity (Wildman–Crippen MR) is 63.9 cm³/mol. The number of rotatable bonds is 4. The molecule has 90 valence electrons. The molecule has 0 saturated carbocycles. The molecule has 2 N–H and O–H groups in total. The van der Waals surface area contributed by atoms with Gasteiger partial charge in [0.25, 0.3) is 0 Å². The van der Waals surface area contributed by atoms with Crippen molar-refractivity contribution in [2.75, 3.05) is 26.2 Å². The fourth-order valence-corrected chi connectivity index (χ4v) is 2.17. The van der Waals surface area contributed by atoms with Crippen molar-refractivity contribution < 1.29 is 4.74 Å². The van der Waals surface area contributed by atoms with Crippen molar-refractivity contribution in [2.45, 2.75) is 45.8 Å². The molecule has 1 rings (SSSR count). The summed E-state index contributed by atoms with van der Waals surface area (Å²) >= 11 is 0. The summed E-state index contributed by atoms with van der Waals surface area (Å²) in [5.74, 6) is 0.689. The van der Waals surface area contributed by atoms with Gasteiger partial charge in [0.05, 0.1) is 12.2 Å². The monoisotopic (exact) mass is 214 g/mol. The summed E-state index contributed by atoms with van der Waals surface area (Å²) in [5.41, 5.74) is 5.68. The predicted octanol–water partition coefficient (Wildman–Crippen LogP) is 1.47. The molecular formula is C12H26N2O. The van der Waals surface area contributed by atoms with Gasteiger partial charge in [-0.15, -0.1) is 0 Å². The highest BCUT2D eigenvalue weighted by atomic mass is 16.5. The maximum atomic E-state index is 5.74. The smallest absolute Gasteiger partial charge is 0.0600 e. The van der Waals surface area contributed by atoms with Crippen LogP contribution in [0.15, 0.2) is 0 Å². The lowest BCUT2D eigenvalue weighted by Crippen LogP contribution is -2.33. The molecule has 2 atom stereocenters. The molecule has 1 saturated heterocycles. The van der Waals surface area contributed by atoms with Crippen LogP contribution in [0.1, 0.15) is 34.1 Å². The van der Waals surface area contributed by atoms with E-state index in [-0.39, 0.29) is 5.60 Å². The first kappa shape index (κ1) is 12.9. The minimum atomic E-state index is -0.0176. The maximum Gasteiger partial charge on any atom is 0.0600 e. The number of likely N-dealkylation sites (tertiary alicyclic amines) is 1. The molecule has 1 aliphatic heterocycles. The van der Waals surface area contributed by atoms with Crippen LogP contribution in [0.2, 0.25) is 0 Å². The van der Waals surface area contributed by atoms with E-state index in [4.69, 9.17) is 10.5 Å². The van der Waals surface area contributed by atoms with Gasteiger partial charge in [0, 0.05) is 19.1 Å². The molecular weight excluding hydrogens is 188 g/mol. The van der Waals surface area contributed by atoms with Gasteiger partial charge in [-0.25, -0.2) is 0 Å². The highest BCUT2D eigenvalue weighted by Crippen LogP contribution is 2.21. The second-order valence-electron chi connectivity index (χ2n) is 5.64. The lowest BCUT2D eigenvalue weighted by atomic mass is 10.1. The maximum absolute atomic E-state index is 5.74. The Morgan fingerprint density at radius 3 is 2.53 bits per heavy atom. The highest BCUT2D eigenvalue weighted by Gasteiger charge is 2.27. The topological polar surface area (TPSA) is 38.5 Å². The van der Waals surface area contributed by atoms with Gasteiger partial charge in [-0.05, 0) is 46.6 Å². The van der Waals surface area contributed by atoms with E-state index in [9.17, 15) is 0 Å². The Labute approximate surface area is 94.0 Å². The summed E-state index contributed by atoms with van der Waals surface area (Å²) < 4.78 is 5.74. The van der Waals surface area contributed by atoms with E-state index in [1.165, 1.54) is 6.42 Å². The zero-order chi connectivity index (χ0) is 11.5. The van der Waals surface area contributed by atoms with Gasteiger partial charge in [0.15, 0.2) is 0 Å². The summed E-state index contributed by atoms with van der Waals surface area (Å²) in [6.45, 7) is 12.4. The SMILES string of the molecule is CC1CC(CN)CN1CCOC(C)(C)C. The molecule has 0 aliphatic carbocycles. The molecule has 0 bridgehead atoms. The van der Waals surface area contributed by atoms with Crippen molar-refractivity contribution >= 4 is 0 Å². The molecule has 0 aromatic carbocycles. The van der Waals surface area contributed by atoms with Crippen LogP contribution < -0.4 is 5.73 Å². The van der Waals surface area contributed by atoms with Gasteiger partial charge in [0.1, 0.15) is 0 Å². The molecule has 0 aromatic heterocycles. The summed E-state index contributed by atoms with van der Waals surface area (Å²) in [7, 11) is 0. The molecule has 0 aromatic rings. The zero-order valence-electron chi connectivity index (χ0n) is 10.6. The quantitative estimate of drug-likeness (QED) is 0.770. The Bertz CT molecular complexity index is 189. The minimum absolute atomic E-state index is 0.0176. The summed E-state index contributed by atoms with van der Waals surface area (Å²) in [5, 5.41) is 0. The Morgan fingerprint density at radius 2 is 2.07 bits per heavy atom. The fraction of sp³-hybridized carbons (Fsp3) is 1.00. The van der Waals surface area contributed by atoms with E-state index in [1.54, 1.807) is 0 Å². The van der Waals surface area contributed by atoms with E-state index in [1.807, 2.05) is 0 Å². The van der Waals surface area contributed by atoms with E-state index >= 15 is 0 Å². The van der Waals surface area contributed by atoms with Crippen molar-refractivity contribution in [3.8, 4) is 0 Å². The van der Waals surface area contributed by atoms with Crippen LogP contribution in [0.4, 0.5) is 0 Å². The fourth-order valence-electron chi connectivity index (χ4n) is 2.17. The average molecular weight is 214 g/mol. The van der Waals surface area contributed by atoms with E-state index in [2.05, 4.69) is 32.6 Å². The second-order valence-corrected chi connectivity index (χ2v) is 5.64. The minimum Gasteiger partial charge on any atom is -0.375 e. The van der Waals surface area contributed by atoms with Gasteiger partial charge in [-0.3, -0.25) is 4.90 Å². The van der Waals surface area contributed by atoms with Crippen molar-refractivity contribution in [3.63, 3.8) is 0 Å². The van der Waals surface area contributed by atoms with Gasteiger partial charge < -0.3 is 10.5 Å². The first-order valence-corrected chi connectivity index (χ1v) is 6.00. The van der Waals surface area contributed by atoms with Crippen molar-refractivity contribution in [1.29, 1.82) is 0 Å². The molecule has 0 spiro atoms. The lowest BCUT2D eigenvalue weighted by Gasteiger charge is -2.25. The Kier molecular flexibility index (Phi) is 4.56. The van der Waals surface area contributed by atoms with Gasteiger partial charge in [0.2, 0.25) is 0 Å². The second kappa shape index (κ2) is 5.28. The van der Waals surface area contributed by atoms with Crippen LogP contribution in [-0.4, -0.2) is 42.8 Å². The van der Waals surface area contributed by atoms with Crippen LogP contribution in [-0.2, 0) is 4.74 Å². The number of hydrogen-bond acceptors (Lipinski definition) is 3. The molecule has 0 radical (unpaired) electrons. The van der Waals surface area contributed by atoms with Crippen molar-refractivity contribution in [1.82, 2.24) is 4.90 Å². The van der Waals surface area contributed by atoms with Gasteiger partial charge in [-0.1, -0.05) is 0 Å². The number of hydrogen-bond donors (Lipinski definition) is 1. The van der Waals surface area contributed by atoms with Gasteiger partial charge >= 0.3 is 0 Å². The van der Waals surface area contributed by atoms with Crippen LogP contribution in [0, 0.1) is 5.92 Å². The van der Waals surface area contributed by atoms with Crippen LogP contribution in [0.25, 0.3) is 0 Å². The number of nitrogens with zero attached hydrogens (tertiary/aromatic N) is 1. The standard InChI is InChI=1S/C12H26N2O/c1-10-7-11(8-13)9-14(10)5-6-15-12(2,3)4/h10-11H,5-9,13H2,1-4H3. The van der Waals surface area contributed by atoms with Crippen LogP contribution >= 0.6 is 0 Å². The van der Waals surface area contributed by atoms with E-state index < -0.39 is 0 Å². The third kappa shape index (κ3) is 4.49. The number of ether oxygens (including phenoxy) is 1. The molecule has 2 unspecified atom stereocenters. The van der Waals surface area contributed by atoms with Crippen LogP contribution in [0.3, 0.4) is 0 Å². The third-order valence-electron chi connectivity index (χ3n) is 3.04.